The Labute approximate surface area is 86.8 Å². The molecule has 0 aliphatic carbocycles. The zero-order chi connectivity index (χ0) is 10.6. The first-order chi connectivity index (χ1) is 6.49. The SMILES string of the molecule is Cc1cccnc1CNCC(C)(C)C. The Bertz CT molecular complexity index is 287. The fraction of sp³-hybridized carbons (Fsp3) is 0.583. The molecule has 1 heterocycles. The van der Waals surface area contributed by atoms with Gasteiger partial charge in [-0.15, -0.1) is 0 Å². The van der Waals surface area contributed by atoms with Crippen molar-refractivity contribution in [2.24, 2.45) is 5.41 Å². The largest absolute Gasteiger partial charge is 0.311 e. The van der Waals surface area contributed by atoms with Crippen LogP contribution in [-0.2, 0) is 6.54 Å². The molecule has 2 heteroatoms. The highest BCUT2D eigenvalue weighted by Crippen LogP contribution is 2.11. The van der Waals surface area contributed by atoms with Crippen LogP contribution in [0.3, 0.4) is 0 Å². The summed E-state index contributed by atoms with van der Waals surface area (Å²) in [5, 5.41) is 3.42. The van der Waals surface area contributed by atoms with E-state index < -0.39 is 0 Å². The first-order valence-electron chi connectivity index (χ1n) is 5.10. The van der Waals surface area contributed by atoms with Crippen LogP contribution < -0.4 is 5.32 Å². The minimum absolute atomic E-state index is 0.336. The van der Waals surface area contributed by atoms with E-state index in [1.165, 1.54) is 5.56 Å². The first-order valence-corrected chi connectivity index (χ1v) is 5.10. The molecule has 0 saturated carbocycles. The normalized spacial score (nSPS) is 11.7. The van der Waals surface area contributed by atoms with Crippen molar-refractivity contribution in [2.45, 2.75) is 34.2 Å². The van der Waals surface area contributed by atoms with E-state index in [-0.39, 0.29) is 0 Å². The number of hydrogen-bond acceptors (Lipinski definition) is 2. The molecule has 1 aromatic heterocycles. The summed E-state index contributed by atoms with van der Waals surface area (Å²) < 4.78 is 0. The van der Waals surface area contributed by atoms with Crippen LogP contribution in [0.2, 0.25) is 0 Å². The van der Waals surface area contributed by atoms with Gasteiger partial charge < -0.3 is 5.32 Å². The summed E-state index contributed by atoms with van der Waals surface area (Å²) in [5.41, 5.74) is 2.74. The minimum Gasteiger partial charge on any atom is -0.311 e. The van der Waals surface area contributed by atoms with Gasteiger partial charge in [0.25, 0.3) is 0 Å². The molecular weight excluding hydrogens is 172 g/mol. The van der Waals surface area contributed by atoms with E-state index in [1.807, 2.05) is 12.3 Å². The Morgan fingerprint density at radius 1 is 1.36 bits per heavy atom. The second-order valence-corrected chi connectivity index (χ2v) is 4.93. The van der Waals surface area contributed by atoms with Gasteiger partial charge in [-0.25, -0.2) is 0 Å². The van der Waals surface area contributed by atoms with E-state index in [0.29, 0.717) is 5.41 Å². The van der Waals surface area contributed by atoms with Crippen LogP contribution in [0.4, 0.5) is 0 Å². The molecule has 0 amide bonds. The van der Waals surface area contributed by atoms with Crippen molar-refractivity contribution >= 4 is 0 Å². The van der Waals surface area contributed by atoms with Crippen LogP contribution in [0.15, 0.2) is 18.3 Å². The van der Waals surface area contributed by atoms with Gasteiger partial charge in [0.2, 0.25) is 0 Å². The molecule has 0 spiro atoms. The Kier molecular flexibility index (Phi) is 3.64. The smallest absolute Gasteiger partial charge is 0.0570 e. The van der Waals surface area contributed by atoms with Crippen molar-refractivity contribution in [3.8, 4) is 0 Å². The molecule has 1 N–H and O–H groups in total. The van der Waals surface area contributed by atoms with Gasteiger partial charge in [-0.2, -0.15) is 0 Å². The third-order valence-corrected chi connectivity index (χ3v) is 2.07. The van der Waals surface area contributed by atoms with E-state index in [1.54, 1.807) is 0 Å². The molecule has 1 rings (SSSR count). The minimum atomic E-state index is 0.336. The van der Waals surface area contributed by atoms with Gasteiger partial charge in [0, 0.05) is 19.3 Å². The molecule has 14 heavy (non-hydrogen) atoms. The number of nitrogens with one attached hydrogen (secondary N) is 1. The molecule has 0 fully saturated rings. The van der Waals surface area contributed by atoms with E-state index >= 15 is 0 Å². The summed E-state index contributed by atoms with van der Waals surface area (Å²) in [6, 6.07) is 4.07. The highest BCUT2D eigenvalue weighted by molar-refractivity contribution is 5.17. The van der Waals surface area contributed by atoms with Crippen molar-refractivity contribution < 1.29 is 0 Å². The molecule has 0 bridgehead atoms. The van der Waals surface area contributed by atoms with Crippen molar-refractivity contribution in [3.05, 3.63) is 29.6 Å². The Morgan fingerprint density at radius 2 is 2.07 bits per heavy atom. The standard InChI is InChI=1S/C12H20N2/c1-10-6-5-7-14-11(10)8-13-9-12(2,3)4/h5-7,13H,8-9H2,1-4H3. The number of aryl methyl sites for hydroxylation is 1. The number of nitrogens with zero attached hydrogens (tertiary/aromatic N) is 1. The molecule has 0 aliphatic rings. The van der Waals surface area contributed by atoms with Crippen molar-refractivity contribution in [1.82, 2.24) is 10.3 Å². The lowest BCUT2D eigenvalue weighted by atomic mass is 9.97. The van der Waals surface area contributed by atoms with Gasteiger partial charge in [-0.1, -0.05) is 26.8 Å². The summed E-state index contributed by atoms with van der Waals surface area (Å²) in [6.07, 6.45) is 1.85. The fourth-order valence-electron chi connectivity index (χ4n) is 1.26. The Hall–Kier alpha value is -0.890. The maximum Gasteiger partial charge on any atom is 0.0570 e. The Balaban J connectivity index is 2.43. The predicted molar refractivity (Wildman–Crippen MR) is 60.1 cm³/mol. The molecule has 78 valence electrons. The monoisotopic (exact) mass is 192 g/mol. The number of pyridine rings is 1. The van der Waals surface area contributed by atoms with Crippen molar-refractivity contribution in [2.75, 3.05) is 6.54 Å². The zero-order valence-electron chi connectivity index (χ0n) is 9.59. The first kappa shape index (κ1) is 11.2. The highest BCUT2D eigenvalue weighted by Gasteiger charge is 2.09. The highest BCUT2D eigenvalue weighted by atomic mass is 14.9. The molecule has 0 aromatic carbocycles. The maximum absolute atomic E-state index is 4.34. The lowest BCUT2D eigenvalue weighted by Crippen LogP contribution is -2.26. The van der Waals surface area contributed by atoms with Gasteiger partial charge in [0.05, 0.1) is 5.69 Å². The lowest BCUT2D eigenvalue weighted by molar-refractivity contribution is 0.378. The molecule has 0 saturated heterocycles. The quantitative estimate of drug-likeness (QED) is 0.796. The second-order valence-electron chi connectivity index (χ2n) is 4.93. The summed E-state index contributed by atoms with van der Waals surface area (Å²) in [6.45, 7) is 10.7. The topological polar surface area (TPSA) is 24.9 Å². The molecule has 0 radical (unpaired) electrons. The second kappa shape index (κ2) is 4.56. The molecule has 1 aromatic rings. The maximum atomic E-state index is 4.34. The molecule has 0 atom stereocenters. The molecular formula is C12H20N2. The summed E-state index contributed by atoms with van der Waals surface area (Å²) >= 11 is 0. The molecule has 0 unspecified atom stereocenters. The predicted octanol–water partition coefficient (Wildman–Crippen LogP) is 2.53. The molecule has 2 nitrogen and oxygen atoms in total. The average Bonchev–Trinajstić information content (AvgIpc) is 2.06. The summed E-state index contributed by atoms with van der Waals surface area (Å²) in [4.78, 5) is 4.34. The van der Waals surface area contributed by atoms with Crippen LogP contribution in [0.1, 0.15) is 32.0 Å². The van der Waals surface area contributed by atoms with Gasteiger partial charge >= 0.3 is 0 Å². The van der Waals surface area contributed by atoms with Crippen LogP contribution in [0.25, 0.3) is 0 Å². The Morgan fingerprint density at radius 3 is 2.64 bits per heavy atom. The van der Waals surface area contributed by atoms with E-state index in [2.05, 4.69) is 44.1 Å². The number of rotatable bonds is 3. The van der Waals surface area contributed by atoms with Crippen LogP contribution in [0, 0.1) is 12.3 Å². The number of aromatic nitrogens is 1. The summed E-state index contributed by atoms with van der Waals surface area (Å²) in [5.74, 6) is 0. The van der Waals surface area contributed by atoms with Gasteiger partial charge in [0.1, 0.15) is 0 Å². The van der Waals surface area contributed by atoms with Crippen LogP contribution in [0.5, 0.6) is 0 Å². The zero-order valence-corrected chi connectivity index (χ0v) is 9.59. The lowest BCUT2D eigenvalue weighted by Gasteiger charge is -2.18. The fourth-order valence-corrected chi connectivity index (χ4v) is 1.26. The van der Waals surface area contributed by atoms with Gasteiger partial charge in [-0.3, -0.25) is 4.98 Å². The van der Waals surface area contributed by atoms with Crippen LogP contribution in [-0.4, -0.2) is 11.5 Å². The summed E-state index contributed by atoms with van der Waals surface area (Å²) in [7, 11) is 0. The van der Waals surface area contributed by atoms with Gasteiger partial charge in [-0.05, 0) is 24.0 Å². The average molecular weight is 192 g/mol. The van der Waals surface area contributed by atoms with Crippen molar-refractivity contribution in [3.63, 3.8) is 0 Å². The number of hydrogen-bond donors (Lipinski definition) is 1. The van der Waals surface area contributed by atoms with Crippen molar-refractivity contribution in [1.29, 1.82) is 0 Å². The molecule has 0 aliphatic heterocycles. The van der Waals surface area contributed by atoms with E-state index in [4.69, 9.17) is 0 Å². The van der Waals surface area contributed by atoms with Crippen LogP contribution >= 0.6 is 0 Å². The third-order valence-electron chi connectivity index (χ3n) is 2.07. The van der Waals surface area contributed by atoms with Gasteiger partial charge in [0.15, 0.2) is 0 Å². The van der Waals surface area contributed by atoms with E-state index in [9.17, 15) is 0 Å². The van der Waals surface area contributed by atoms with E-state index in [0.717, 1.165) is 18.8 Å². The third kappa shape index (κ3) is 3.88.